The van der Waals surface area contributed by atoms with Crippen LogP contribution in [-0.2, 0) is 6.54 Å². The van der Waals surface area contributed by atoms with Crippen molar-refractivity contribution in [2.24, 2.45) is 0 Å². The molecule has 0 aliphatic carbocycles. The van der Waals surface area contributed by atoms with Crippen LogP contribution < -0.4 is 5.32 Å². The molecule has 2 aromatic heterocycles. The maximum absolute atomic E-state index is 11.7. The average Bonchev–Trinajstić information content (AvgIpc) is 2.89. The van der Waals surface area contributed by atoms with E-state index in [2.05, 4.69) is 15.5 Å². The quantitative estimate of drug-likeness (QED) is 0.823. The Kier molecular flexibility index (Phi) is 3.33. The Labute approximate surface area is 101 Å². The molecule has 1 amide bonds. The molecule has 0 aliphatic heterocycles. The van der Waals surface area contributed by atoms with E-state index >= 15 is 0 Å². The van der Waals surface area contributed by atoms with Gasteiger partial charge in [-0.25, -0.2) is 9.78 Å². The number of nitrogens with one attached hydrogen (secondary N) is 1. The van der Waals surface area contributed by atoms with Gasteiger partial charge in [-0.2, -0.15) is 0 Å². The first-order valence-electron chi connectivity index (χ1n) is 5.04. The summed E-state index contributed by atoms with van der Waals surface area (Å²) in [5.41, 5.74) is 0.168. The van der Waals surface area contributed by atoms with E-state index in [9.17, 15) is 9.59 Å². The van der Waals surface area contributed by atoms with Gasteiger partial charge < -0.3 is 14.9 Å². The number of amides is 1. The molecule has 0 aliphatic rings. The Morgan fingerprint density at radius 1 is 1.33 bits per heavy atom. The zero-order chi connectivity index (χ0) is 13.0. The van der Waals surface area contributed by atoms with E-state index < -0.39 is 5.97 Å². The highest BCUT2D eigenvalue weighted by Crippen LogP contribution is 2.02. The molecule has 0 saturated carbocycles. The number of hydrogen-bond acceptors (Lipinski definition) is 5. The largest absolute Gasteiger partial charge is 0.477 e. The van der Waals surface area contributed by atoms with Crippen molar-refractivity contribution in [1.82, 2.24) is 15.5 Å². The van der Waals surface area contributed by atoms with Crippen LogP contribution in [0.3, 0.4) is 0 Å². The molecular weight excluding hydrogens is 238 g/mol. The van der Waals surface area contributed by atoms with Crippen molar-refractivity contribution in [2.45, 2.75) is 6.54 Å². The molecule has 0 unspecified atom stereocenters. The Morgan fingerprint density at radius 3 is 2.72 bits per heavy atom. The van der Waals surface area contributed by atoms with E-state index in [1.165, 1.54) is 24.5 Å². The molecule has 0 bridgehead atoms. The Bertz CT molecular complexity index is 548. The van der Waals surface area contributed by atoms with Crippen LogP contribution in [0.2, 0.25) is 0 Å². The first kappa shape index (κ1) is 11.8. The highest BCUT2D eigenvalue weighted by Gasteiger charge is 2.09. The number of pyridine rings is 1. The number of carboxylic acids is 1. The number of aromatic carboxylic acids is 1. The Hall–Kier alpha value is -2.70. The fraction of sp³-hybridized carbons (Fsp3) is 0.0909. The summed E-state index contributed by atoms with van der Waals surface area (Å²) in [6.45, 7) is 0.208. The maximum atomic E-state index is 11.7. The second-order valence-corrected chi connectivity index (χ2v) is 3.40. The van der Waals surface area contributed by atoms with Crippen LogP contribution in [-0.4, -0.2) is 27.1 Å². The van der Waals surface area contributed by atoms with Gasteiger partial charge in [-0.05, 0) is 12.1 Å². The number of carbonyl (C=O) groups excluding carboxylic acids is 1. The molecule has 18 heavy (non-hydrogen) atoms. The molecule has 0 aromatic carbocycles. The van der Waals surface area contributed by atoms with Crippen molar-refractivity contribution in [3.8, 4) is 0 Å². The molecule has 0 atom stereocenters. The normalized spacial score (nSPS) is 10.0. The predicted octanol–water partition coefficient (Wildman–Crippen LogP) is 0.698. The summed E-state index contributed by atoms with van der Waals surface area (Å²) in [6, 6.07) is 4.30. The Balaban J connectivity index is 1.98. The third-order valence-corrected chi connectivity index (χ3v) is 2.16. The predicted molar refractivity (Wildman–Crippen MR) is 58.9 cm³/mol. The molecule has 0 fully saturated rings. The van der Waals surface area contributed by atoms with Crippen molar-refractivity contribution >= 4 is 11.9 Å². The van der Waals surface area contributed by atoms with Crippen LogP contribution in [0.1, 0.15) is 26.6 Å². The minimum absolute atomic E-state index is 0.109. The molecule has 92 valence electrons. The second-order valence-electron chi connectivity index (χ2n) is 3.40. The van der Waals surface area contributed by atoms with E-state index in [0.717, 1.165) is 0 Å². The smallest absolute Gasteiger partial charge is 0.354 e. The summed E-state index contributed by atoms with van der Waals surface area (Å²) < 4.78 is 4.81. The van der Waals surface area contributed by atoms with Gasteiger partial charge in [0.1, 0.15) is 5.69 Å². The lowest BCUT2D eigenvalue weighted by atomic mass is 10.2. The van der Waals surface area contributed by atoms with E-state index in [0.29, 0.717) is 5.76 Å². The molecule has 0 spiro atoms. The van der Waals surface area contributed by atoms with E-state index in [1.54, 1.807) is 6.07 Å². The van der Waals surface area contributed by atoms with E-state index in [4.69, 9.17) is 9.63 Å². The van der Waals surface area contributed by atoms with Gasteiger partial charge >= 0.3 is 5.97 Å². The molecule has 7 nitrogen and oxygen atoms in total. The SMILES string of the molecule is O=C(NCc1ccno1)c1ccc(C(=O)O)nc1. The highest BCUT2D eigenvalue weighted by atomic mass is 16.5. The number of rotatable bonds is 4. The van der Waals surface area contributed by atoms with Gasteiger partial charge in [0.2, 0.25) is 0 Å². The number of carboxylic acid groups (broad SMARTS) is 1. The molecule has 2 aromatic rings. The van der Waals surface area contributed by atoms with Crippen LogP contribution in [0, 0.1) is 0 Å². The zero-order valence-electron chi connectivity index (χ0n) is 9.16. The average molecular weight is 247 g/mol. The minimum Gasteiger partial charge on any atom is -0.477 e. The number of carbonyl (C=O) groups is 2. The van der Waals surface area contributed by atoms with Crippen molar-refractivity contribution in [1.29, 1.82) is 0 Å². The van der Waals surface area contributed by atoms with Gasteiger partial charge in [-0.3, -0.25) is 4.79 Å². The van der Waals surface area contributed by atoms with Crippen molar-refractivity contribution in [3.63, 3.8) is 0 Å². The monoisotopic (exact) mass is 247 g/mol. The summed E-state index contributed by atoms with van der Waals surface area (Å²) in [4.78, 5) is 25.9. The van der Waals surface area contributed by atoms with Gasteiger partial charge in [0.25, 0.3) is 5.91 Å². The van der Waals surface area contributed by atoms with Crippen LogP contribution in [0.25, 0.3) is 0 Å². The molecular formula is C11H9N3O4. The standard InChI is InChI=1S/C11H9N3O4/c15-10(13-6-8-3-4-14-18-8)7-1-2-9(11(16)17)12-5-7/h1-5H,6H2,(H,13,15)(H,16,17). The lowest BCUT2D eigenvalue weighted by Crippen LogP contribution is -2.22. The lowest BCUT2D eigenvalue weighted by molar-refractivity contribution is 0.0689. The summed E-state index contributed by atoms with van der Waals surface area (Å²) in [5, 5.41) is 14.8. The molecule has 2 rings (SSSR count). The van der Waals surface area contributed by atoms with Crippen LogP contribution in [0.5, 0.6) is 0 Å². The van der Waals surface area contributed by atoms with Crippen molar-refractivity contribution in [2.75, 3.05) is 0 Å². The first-order chi connectivity index (χ1) is 8.66. The maximum Gasteiger partial charge on any atom is 0.354 e. The van der Waals surface area contributed by atoms with E-state index in [1.807, 2.05) is 0 Å². The molecule has 2 N–H and O–H groups in total. The van der Waals surface area contributed by atoms with Gasteiger partial charge in [0.05, 0.1) is 18.3 Å². The van der Waals surface area contributed by atoms with Crippen molar-refractivity contribution in [3.05, 3.63) is 47.6 Å². The number of aromatic nitrogens is 2. The molecule has 2 heterocycles. The molecule has 7 heteroatoms. The third-order valence-electron chi connectivity index (χ3n) is 2.16. The van der Waals surface area contributed by atoms with Gasteiger partial charge in [0, 0.05) is 12.3 Å². The topological polar surface area (TPSA) is 105 Å². The van der Waals surface area contributed by atoms with Crippen molar-refractivity contribution < 1.29 is 19.2 Å². The number of hydrogen-bond donors (Lipinski definition) is 2. The third kappa shape index (κ3) is 2.70. The van der Waals surface area contributed by atoms with Crippen LogP contribution in [0.15, 0.2) is 35.1 Å². The zero-order valence-corrected chi connectivity index (χ0v) is 9.16. The van der Waals surface area contributed by atoms with Gasteiger partial charge in [-0.1, -0.05) is 5.16 Å². The highest BCUT2D eigenvalue weighted by molar-refractivity contribution is 5.94. The first-order valence-corrected chi connectivity index (χ1v) is 5.04. The lowest BCUT2D eigenvalue weighted by Gasteiger charge is -2.02. The van der Waals surface area contributed by atoms with Crippen LogP contribution in [0.4, 0.5) is 0 Å². The summed E-state index contributed by atoms with van der Waals surface area (Å²) in [5.74, 6) is -0.974. The summed E-state index contributed by atoms with van der Waals surface area (Å²) in [6.07, 6.45) is 2.68. The summed E-state index contributed by atoms with van der Waals surface area (Å²) in [7, 11) is 0. The molecule has 0 saturated heterocycles. The summed E-state index contributed by atoms with van der Waals surface area (Å²) >= 11 is 0. The van der Waals surface area contributed by atoms with Gasteiger partial charge in [0.15, 0.2) is 5.76 Å². The fourth-order valence-corrected chi connectivity index (χ4v) is 1.26. The fourth-order valence-electron chi connectivity index (χ4n) is 1.26. The van der Waals surface area contributed by atoms with Crippen LogP contribution >= 0.6 is 0 Å². The minimum atomic E-state index is -1.14. The van der Waals surface area contributed by atoms with E-state index in [-0.39, 0.29) is 23.7 Å². The van der Waals surface area contributed by atoms with Gasteiger partial charge in [-0.15, -0.1) is 0 Å². The number of nitrogens with zero attached hydrogens (tertiary/aromatic N) is 2. The Morgan fingerprint density at radius 2 is 2.17 bits per heavy atom. The second kappa shape index (κ2) is 5.09. The molecule has 0 radical (unpaired) electrons.